The maximum atomic E-state index is 12.4. The zero-order chi connectivity index (χ0) is 20.1. The number of quaternary nitrogens is 1. The number of carbonyl (C=O) groups is 2. The third kappa shape index (κ3) is 5.54. The van der Waals surface area contributed by atoms with Gasteiger partial charge in [0, 0.05) is 12.1 Å². The van der Waals surface area contributed by atoms with Crippen LogP contribution in [0.25, 0.3) is 0 Å². The Morgan fingerprint density at radius 1 is 1.21 bits per heavy atom. The van der Waals surface area contributed by atoms with E-state index >= 15 is 0 Å². The van der Waals surface area contributed by atoms with Gasteiger partial charge in [-0.15, -0.1) is 0 Å². The average Bonchev–Trinajstić information content (AvgIpc) is 3.01. The molecule has 2 heterocycles. The number of aryl methyl sites for hydroxylation is 1. The van der Waals surface area contributed by atoms with Gasteiger partial charge >= 0.3 is 0 Å². The van der Waals surface area contributed by atoms with E-state index in [-0.39, 0.29) is 29.2 Å². The third-order valence-electron chi connectivity index (χ3n) is 5.70. The van der Waals surface area contributed by atoms with Crippen LogP contribution in [0.15, 0.2) is 24.3 Å². The maximum absolute atomic E-state index is 12.4. The molecule has 0 aliphatic carbocycles. The van der Waals surface area contributed by atoms with Crippen LogP contribution in [-0.2, 0) is 25.8 Å². The molecule has 8 heteroatoms. The van der Waals surface area contributed by atoms with Gasteiger partial charge < -0.3 is 15.1 Å². The van der Waals surface area contributed by atoms with Crippen LogP contribution in [0.2, 0.25) is 0 Å². The minimum atomic E-state index is -2.94. The van der Waals surface area contributed by atoms with Crippen LogP contribution in [-0.4, -0.2) is 69.4 Å². The molecule has 28 heavy (non-hydrogen) atoms. The molecule has 2 fully saturated rings. The molecule has 0 radical (unpaired) electrons. The molecule has 1 aromatic carbocycles. The number of rotatable bonds is 6. The van der Waals surface area contributed by atoms with Gasteiger partial charge in [0.1, 0.15) is 0 Å². The summed E-state index contributed by atoms with van der Waals surface area (Å²) in [6.07, 6.45) is 1.79. The van der Waals surface area contributed by atoms with Gasteiger partial charge in [0.05, 0.1) is 37.7 Å². The van der Waals surface area contributed by atoms with E-state index in [9.17, 15) is 18.0 Å². The van der Waals surface area contributed by atoms with E-state index in [1.807, 2.05) is 29.2 Å². The molecule has 0 aromatic heterocycles. The molecule has 2 aliphatic heterocycles. The van der Waals surface area contributed by atoms with E-state index in [0.29, 0.717) is 32.5 Å². The average molecular weight is 409 g/mol. The van der Waals surface area contributed by atoms with Crippen LogP contribution in [0.1, 0.15) is 25.3 Å². The Labute approximate surface area is 167 Å². The maximum Gasteiger partial charge on any atom is 0.279 e. The molecule has 0 unspecified atom stereocenters. The van der Waals surface area contributed by atoms with Crippen LogP contribution >= 0.6 is 0 Å². The quantitative estimate of drug-likeness (QED) is 0.679. The summed E-state index contributed by atoms with van der Waals surface area (Å²) in [6, 6.07) is 7.83. The number of hydrogen-bond donors (Lipinski definition) is 2. The number of nitrogens with zero attached hydrogens (tertiary/aromatic N) is 1. The lowest BCUT2D eigenvalue weighted by Crippen LogP contribution is -3.15. The Kier molecular flexibility index (Phi) is 6.72. The predicted molar refractivity (Wildman–Crippen MR) is 108 cm³/mol. The van der Waals surface area contributed by atoms with Crippen molar-refractivity contribution in [3.63, 3.8) is 0 Å². The van der Waals surface area contributed by atoms with Crippen LogP contribution in [0.5, 0.6) is 0 Å². The summed E-state index contributed by atoms with van der Waals surface area (Å²) in [6.45, 7) is 5.16. The van der Waals surface area contributed by atoms with Crippen molar-refractivity contribution in [3.8, 4) is 0 Å². The smallest absolute Gasteiger partial charge is 0.279 e. The molecule has 3 rings (SSSR count). The Bertz CT molecular complexity index is 816. The fourth-order valence-electron chi connectivity index (χ4n) is 4.03. The highest BCUT2D eigenvalue weighted by molar-refractivity contribution is 7.91. The lowest BCUT2D eigenvalue weighted by Gasteiger charge is -2.32. The Balaban J connectivity index is 1.42. The molecule has 0 saturated carbocycles. The van der Waals surface area contributed by atoms with E-state index in [4.69, 9.17) is 0 Å². The van der Waals surface area contributed by atoms with Gasteiger partial charge in [-0.3, -0.25) is 9.59 Å². The first-order chi connectivity index (χ1) is 13.4. The fraction of sp³-hybridized carbons (Fsp3) is 0.600. The van der Waals surface area contributed by atoms with Crippen molar-refractivity contribution in [2.45, 2.75) is 26.2 Å². The van der Waals surface area contributed by atoms with Crippen molar-refractivity contribution >= 4 is 27.3 Å². The molecule has 0 spiro atoms. The van der Waals surface area contributed by atoms with Gasteiger partial charge in [-0.25, -0.2) is 8.42 Å². The number of amides is 2. The van der Waals surface area contributed by atoms with Crippen molar-refractivity contribution in [2.24, 2.45) is 5.92 Å². The van der Waals surface area contributed by atoms with E-state index in [0.717, 1.165) is 30.8 Å². The van der Waals surface area contributed by atoms with Gasteiger partial charge in [0.15, 0.2) is 16.4 Å². The molecule has 1 atom stereocenters. The predicted octanol–water partition coefficient (Wildman–Crippen LogP) is -0.261. The highest BCUT2D eigenvalue weighted by Crippen LogP contribution is 2.22. The summed E-state index contributed by atoms with van der Waals surface area (Å²) in [5.74, 6) is 0.351. The summed E-state index contributed by atoms with van der Waals surface area (Å²) in [4.78, 5) is 27.8. The highest BCUT2D eigenvalue weighted by Gasteiger charge is 2.32. The Hall–Kier alpha value is -1.93. The molecule has 7 nitrogen and oxygen atoms in total. The number of sulfone groups is 1. The number of anilines is 1. The first-order valence-electron chi connectivity index (χ1n) is 10.1. The lowest BCUT2D eigenvalue weighted by atomic mass is 10.0. The summed E-state index contributed by atoms with van der Waals surface area (Å²) in [5, 5.41) is 3.00. The van der Waals surface area contributed by atoms with Gasteiger partial charge in [-0.2, -0.15) is 0 Å². The number of piperazine rings is 1. The summed E-state index contributed by atoms with van der Waals surface area (Å²) >= 11 is 0. The largest absolute Gasteiger partial charge is 0.331 e. The molecular weight excluding hydrogens is 378 g/mol. The second-order valence-electron chi connectivity index (χ2n) is 7.84. The molecule has 2 aliphatic rings. The van der Waals surface area contributed by atoms with Gasteiger partial charge in [0.25, 0.3) is 5.91 Å². The van der Waals surface area contributed by atoms with E-state index in [1.165, 1.54) is 4.90 Å². The molecule has 2 N–H and O–H groups in total. The van der Waals surface area contributed by atoms with Gasteiger partial charge in [0.2, 0.25) is 5.91 Å². The van der Waals surface area contributed by atoms with Crippen molar-refractivity contribution in [1.82, 2.24) is 4.90 Å². The monoisotopic (exact) mass is 408 g/mol. The number of hydrogen-bond acceptors (Lipinski definition) is 4. The minimum Gasteiger partial charge on any atom is -0.331 e. The third-order valence-corrected chi connectivity index (χ3v) is 7.53. The number of benzene rings is 1. The summed E-state index contributed by atoms with van der Waals surface area (Å²) in [7, 11) is -2.94. The van der Waals surface area contributed by atoms with Crippen LogP contribution in [0, 0.1) is 5.92 Å². The zero-order valence-electron chi connectivity index (χ0n) is 16.4. The topological polar surface area (TPSA) is 88.0 Å². The number of nitrogens with one attached hydrogen (secondary N) is 2. The van der Waals surface area contributed by atoms with Gasteiger partial charge in [-0.05, 0) is 30.4 Å². The first-order valence-corrected chi connectivity index (χ1v) is 11.9. The van der Waals surface area contributed by atoms with Crippen molar-refractivity contribution in [2.75, 3.05) is 49.5 Å². The summed E-state index contributed by atoms with van der Waals surface area (Å²) < 4.78 is 23.1. The Morgan fingerprint density at radius 2 is 1.93 bits per heavy atom. The normalized spacial score (nSPS) is 22.2. The second-order valence-corrected chi connectivity index (χ2v) is 10.1. The van der Waals surface area contributed by atoms with Crippen molar-refractivity contribution in [1.29, 1.82) is 0 Å². The number of para-hydroxylation sites is 1. The highest BCUT2D eigenvalue weighted by atomic mass is 32.2. The SMILES string of the molecule is CCc1ccccc1NC(=O)C[NH+]1CCN(C(=O)C[C@H]2CCS(=O)(=O)C2)CC1. The van der Waals surface area contributed by atoms with Crippen molar-refractivity contribution < 1.29 is 22.9 Å². The van der Waals surface area contributed by atoms with Crippen LogP contribution in [0.3, 0.4) is 0 Å². The van der Waals surface area contributed by atoms with Crippen LogP contribution in [0.4, 0.5) is 5.69 Å². The second kappa shape index (κ2) is 9.05. The number of carbonyl (C=O) groups excluding carboxylic acids is 2. The van der Waals surface area contributed by atoms with E-state index in [2.05, 4.69) is 12.2 Å². The van der Waals surface area contributed by atoms with E-state index in [1.54, 1.807) is 0 Å². The van der Waals surface area contributed by atoms with Crippen molar-refractivity contribution in [3.05, 3.63) is 29.8 Å². The molecule has 154 valence electrons. The van der Waals surface area contributed by atoms with E-state index < -0.39 is 9.84 Å². The minimum absolute atomic E-state index is 0.00756. The first kappa shape index (κ1) is 20.8. The molecule has 2 saturated heterocycles. The fourth-order valence-corrected chi connectivity index (χ4v) is 5.89. The molecule has 0 bridgehead atoms. The Morgan fingerprint density at radius 3 is 2.57 bits per heavy atom. The lowest BCUT2D eigenvalue weighted by molar-refractivity contribution is -0.895. The summed E-state index contributed by atoms with van der Waals surface area (Å²) in [5.41, 5.74) is 1.99. The van der Waals surface area contributed by atoms with Gasteiger partial charge in [-0.1, -0.05) is 25.1 Å². The molecular formula is C20H30N3O4S+. The van der Waals surface area contributed by atoms with Crippen LogP contribution < -0.4 is 10.2 Å². The standard InChI is InChI=1S/C20H29N3O4S/c1-2-17-5-3-4-6-18(17)21-19(24)14-22-8-10-23(11-9-22)20(25)13-16-7-12-28(26,27)15-16/h3-6,16H,2,7-15H2,1H3,(H,21,24)/p+1/t16-/m1/s1. The zero-order valence-corrected chi connectivity index (χ0v) is 17.3. The molecule has 1 aromatic rings. The molecule has 2 amide bonds.